The number of hydrogen-bond donors (Lipinski definition) is 2. The fourth-order valence-electron chi connectivity index (χ4n) is 2.93. The van der Waals surface area contributed by atoms with Crippen LogP contribution in [0, 0.1) is 11.7 Å². The quantitative estimate of drug-likeness (QED) is 0.413. The smallest absolute Gasteiger partial charge is 0.191 e. The van der Waals surface area contributed by atoms with Gasteiger partial charge in [0.25, 0.3) is 0 Å². The highest BCUT2D eigenvalue weighted by Gasteiger charge is 2.20. The molecular weight excluding hydrogens is 418 g/mol. The van der Waals surface area contributed by atoms with Gasteiger partial charge in [0.15, 0.2) is 5.96 Å². The molecule has 0 radical (unpaired) electrons. The molecule has 0 aromatic heterocycles. The lowest BCUT2D eigenvalue weighted by Gasteiger charge is -2.32. The highest BCUT2D eigenvalue weighted by atomic mass is 127. The minimum absolute atomic E-state index is 0. The highest BCUT2D eigenvalue weighted by Crippen LogP contribution is 2.19. The van der Waals surface area contributed by atoms with Gasteiger partial charge in [-0.1, -0.05) is 18.2 Å². The predicted octanol–water partition coefficient (Wildman–Crippen LogP) is 3.23. The normalized spacial score (nSPS) is 16.8. The first-order chi connectivity index (χ1) is 11.1. The zero-order valence-electron chi connectivity index (χ0n) is 14.9. The summed E-state index contributed by atoms with van der Waals surface area (Å²) in [6, 6.07) is 7.45. The van der Waals surface area contributed by atoms with Crippen molar-refractivity contribution in [1.29, 1.82) is 0 Å². The number of piperidine rings is 1. The number of hydrogen-bond acceptors (Lipinski definition) is 2. The zero-order chi connectivity index (χ0) is 16.7. The zero-order valence-corrected chi connectivity index (χ0v) is 17.2. The number of benzene rings is 1. The van der Waals surface area contributed by atoms with Crippen LogP contribution < -0.4 is 10.6 Å². The van der Waals surface area contributed by atoms with Crippen LogP contribution in [0.1, 0.15) is 32.3 Å². The highest BCUT2D eigenvalue weighted by molar-refractivity contribution is 14.0. The Hall–Kier alpha value is -0.890. The van der Waals surface area contributed by atoms with Crippen molar-refractivity contribution >= 4 is 29.9 Å². The van der Waals surface area contributed by atoms with Gasteiger partial charge in [0.1, 0.15) is 5.82 Å². The van der Waals surface area contributed by atoms with Crippen LogP contribution in [0.15, 0.2) is 29.3 Å². The van der Waals surface area contributed by atoms with Gasteiger partial charge in [0.2, 0.25) is 0 Å². The number of aliphatic imine (C=N–C) groups is 1. The molecule has 1 heterocycles. The van der Waals surface area contributed by atoms with Gasteiger partial charge < -0.3 is 10.6 Å². The van der Waals surface area contributed by atoms with Gasteiger partial charge in [0.05, 0.1) is 0 Å². The largest absolute Gasteiger partial charge is 0.356 e. The van der Waals surface area contributed by atoms with Crippen LogP contribution in [-0.4, -0.2) is 43.6 Å². The van der Waals surface area contributed by atoms with Gasteiger partial charge in [-0.15, -0.1) is 24.0 Å². The average molecular weight is 448 g/mol. The van der Waals surface area contributed by atoms with E-state index in [9.17, 15) is 4.39 Å². The fourth-order valence-corrected chi connectivity index (χ4v) is 2.93. The first-order valence-corrected chi connectivity index (χ1v) is 8.51. The Bertz CT molecular complexity index is 513. The Balaban J connectivity index is 0.00000288. The molecule has 1 aromatic rings. The first kappa shape index (κ1) is 21.2. The summed E-state index contributed by atoms with van der Waals surface area (Å²) in [5, 5.41) is 6.71. The average Bonchev–Trinajstić information content (AvgIpc) is 2.54. The number of rotatable bonds is 5. The molecule has 0 unspecified atom stereocenters. The lowest BCUT2D eigenvalue weighted by molar-refractivity contribution is 0.176. The summed E-state index contributed by atoms with van der Waals surface area (Å²) in [6.07, 6.45) is 2.28. The molecule has 0 aliphatic carbocycles. The predicted molar refractivity (Wildman–Crippen MR) is 109 cm³/mol. The van der Waals surface area contributed by atoms with E-state index < -0.39 is 0 Å². The van der Waals surface area contributed by atoms with Crippen molar-refractivity contribution in [2.24, 2.45) is 10.9 Å². The summed E-state index contributed by atoms with van der Waals surface area (Å²) in [5.74, 6) is 1.42. The minimum atomic E-state index is -0.0974. The van der Waals surface area contributed by atoms with Gasteiger partial charge in [-0.25, -0.2) is 4.39 Å². The molecule has 0 bridgehead atoms. The second-order valence-electron chi connectivity index (χ2n) is 6.56. The lowest BCUT2D eigenvalue weighted by Crippen LogP contribution is -2.44. The van der Waals surface area contributed by atoms with E-state index in [4.69, 9.17) is 0 Å². The number of likely N-dealkylation sites (tertiary alicyclic amines) is 1. The summed E-state index contributed by atoms with van der Waals surface area (Å²) in [6.45, 7) is 7.92. The molecule has 1 saturated heterocycles. The molecule has 1 aromatic carbocycles. The third kappa shape index (κ3) is 6.93. The third-order valence-electron chi connectivity index (χ3n) is 4.27. The Morgan fingerprint density at radius 1 is 1.29 bits per heavy atom. The van der Waals surface area contributed by atoms with Crippen LogP contribution in [0.5, 0.6) is 0 Å². The molecule has 0 saturated carbocycles. The molecule has 0 amide bonds. The molecule has 0 spiro atoms. The van der Waals surface area contributed by atoms with E-state index in [1.54, 1.807) is 19.2 Å². The summed E-state index contributed by atoms with van der Waals surface area (Å²) < 4.78 is 13.7. The van der Waals surface area contributed by atoms with Gasteiger partial charge >= 0.3 is 0 Å². The summed E-state index contributed by atoms with van der Waals surface area (Å²) >= 11 is 0. The molecule has 1 aliphatic rings. The molecule has 1 fully saturated rings. The maximum atomic E-state index is 13.7. The van der Waals surface area contributed by atoms with Gasteiger partial charge in [-0.3, -0.25) is 9.89 Å². The van der Waals surface area contributed by atoms with Crippen LogP contribution in [-0.2, 0) is 6.54 Å². The van der Waals surface area contributed by atoms with Crippen molar-refractivity contribution in [1.82, 2.24) is 15.5 Å². The second kappa shape index (κ2) is 10.9. The third-order valence-corrected chi connectivity index (χ3v) is 4.27. The molecule has 0 atom stereocenters. The number of halogens is 2. The van der Waals surface area contributed by atoms with Crippen LogP contribution in [0.25, 0.3) is 0 Å². The van der Waals surface area contributed by atoms with Crippen molar-refractivity contribution in [2.45, 2.75) is 39.3 Å². The molecule has 1 aliphatic heterocycles. The van der Waals surface area contributed by atoms with E-state index in [0.29, 0.717) is 18.5 Å². The van der Waals surface area contributed by atoms with E-state index in [2.05, 4.69) is 34.4 Å². The molecular formula is C18H30FIN4. The molecule has 2 N–H and O–H groups in total. The van der Waals surface area contributed by atoms with Crippen molar-refractivity contribution in [3.8, 4) is 0 Å². The lowest BCUT2D eigenvalue weighted by atomic mass is 9.96. The van der Waals surface area contributed by atoms with E-state index in [1.807, 2.05) is 12.1 Å². The SMILES string of the molecule is CN=C(NCC1CCN(Cc2ccccc2F)CC1)NC(C)C.I. The van der Waals surface area contributed by atoms with E-state index in [-0.39, 0.29) is 29.8 Å². The Kier molecular flexibility index (Phi) is 9.58. The van der Waals surface area contributed by atoms with E-state index >= 15 is 0 Å². The molecule has 136 valence electrons. The van der Waals surface area contributed by atoms with Crippen molar-refractivity contribution in [3.63, 3.8) is 0 Å². The first-order valence-electron chi connectivity index (χ1n) is 8.51. The van der Waals surface area contributed by atoms with Gasteiger partial charge in [0, 0.05) is 31.7 Å². The van der Waals surface area contributed by atoms with Crippen molar-refractivity contribution in [2.75, 3.05) is 26.7 Å². The molecule has 2 rings (SSSR count). The number of nitrogens with one attached hydrogen (secondary N) is 2. The monoisotopic (exact) mass is 448 g/mol. The van der Waals surface area contributed by atoms with Crippen molar-refractivity contribution < 1.29 is 4.39 Å². The fraction of sp³-hybridized carbons (Fsp3) is 0.611. The van der Waals surface area contributed by atoms with Gasteiger partial charge in [-0.2, -0.15) is 0 Å². The Morgan fingerprint density at radius 3 is 2.54 bits per heavy atom. The maximum Gasteiger partial charge on any atom is 0.191 e. The van der Waals surface area contributed by atoms with Crippen LogP contribution >= 0.6 is 24.0 Å². The minimum Gasteiger partial charge on any atom is -0.356 e. The summed E-state index contributed by atoms with van der Waals surface area (Å²) in [5.41, 5.74) is 0.797. The van der Waals surface area contributed by atoms with Gasteiger partial charge in [-0.05, 0) is 51.8 Å². The van der Waals surface area contributed by atoms with E-state index in [1.165, 1.54) is 0 Å². The molecule has 24 heavy (non-hydrogen) atoms. The van der Waals surface area contributed by atoms with Crippen molar-refractivity contribution in [3.05, 3.63) is 35.6 Å². The standard InChI is InChI=1S/C18H29FN4.HI/c1-14(2)22-18(20-3)21-12-15-8-10-23(11-9-15)13-16-6-4-5-7-17(16)19;/h4-7,14-15H,8-13H2,1-3H3,(H2,20,21,22);1H. The second-order valence-corrected chi connectivity index (χ2v) is 6.56. The maximum absolute atomic E-state index is 13.7. The van der Waals surface area contributed by atoms with E-state index in [0.717, 1.165) is 44.0 Å². The summed E-state index contributed by atoms with van der Waals surface area (Å²) in [4.78, 5) is 6.58. The van der Waals surface area contributed by atoms with Crippen LogP contribution in [0.2, 0.25) is 0 Å². The topological polar surface area (TPSA) is 39.7 Å². The van der Waals surface area contributed by atoms with Crippen LogP contribution in [0.4, 0.5) is 4.39 Å². The number of guanidine groups is 1. The Labute approximate surface area is 162 Å². The summed E-state index contributed by atoms with van der Waals surface area (Å²) in [7, 11) is 1.80. The molecule has 6 heteroatoms. The number of nitrogens with zero attached hydrogens (tertiary/aromatic N) is 2. The molecule has 4 nitrogen and oxygen atoms in total. The van der Waals surface area contributed by atoms with Crippen LogP contribution in [0.3, 0.4) is 0 Å². The Morgan fingerprint density at radius 2 is 1.96 bits per heavy atom.